The molecule has 1 aliphatic heterocycles. The van der Waals surface area contributed by atoms with Gasteiger partial charge in [-0.25, -0.2) is 0 Å². The number of ether oxygens (including phenoxy) is 1. The summed E-state index contributed by atoms with van der Waals surface area (Å²) in [5.74, 6) is 1.80. The Morgan fingerprint density at radius 3 is 2.53 bits per heavy atom. The number of hydrogen-bond donors (Lipinski definition) is 1. The van der Waals surface area contributed by atoms with Gasteiger partial charge in [-0.1, -0.05) is 0 Å². The lowest BCUT2D eigenvalue weighted by Gasteiger charge is -2.30. The van der Waals surface area contributed by atoms with E-state index < -0.39 is 0 Å². The Balaban J connectivity index is 2.09. The summed E-state index contributed by atoms with van der Waals surface area (Å²) in [6.45, 7) is 7.75. The van der Waals surface area contributed by atoms with Gasteiger partial charge in [0, 0.05) is 19.3 Å². The predicted octanol–water partition coefficient (Wildman–Crippen LogP) is 2.75. The van der Waals surface area contributed by atoms with Gasteiger partial charge in [0.25, 0.3) is 0 Å². The zero-order chi connectivity index (χ0) is 13.8. The first kappa shape index (κ1) is 14.2. The second-order valence-electron chi connectivity index (χ2n) is 5.68. The quantitative estimate of drug-likeness (QED) is 0.903. The third-order valence-electron chi connectivity index (χ3n) is 4.12. The van der Waals surface area contributed by atoms with Crippen molar-refractivity contribution in [1.29, 1.82) is 0 Å². The van der Waals surface area contributed by atoms with E-state index in [2.05, 4.69) is 43.2 Å². The van der Waals surface area contributed by atoms with Crippen LogP contribution in [0.1, 0.15) is 24.0 Å². The highest BCUT2D eigenvalue weighted by atomic mass is 16.5. The van der Waals surface area contributed by atoms with E-state index in [1.165, 1.54) is 42.7 Å². The van der Waals surface area contributed by atoms with Gasteiger partial charge in [0.15, 0.2) is 0 Å². The third-order valence-corrected chi connectivity index (χ3v) is 4.12. The lowest BCUT2D eigenvalue weighted by molar-refractivity contribution is 0.377. The molecule has 1 N–H and O–H groups in total. The van der Waals surface area contributed by atoms with Crippen LogP contribution in [-0.4, -0.2) is 33.8 Å². The fourth-order valence-electron chi connectivity index (χ4n) is 2.96. The Kier molecular flexibility index (Phi) is 4.70. The average Bonchev–Trinajstić information content (AvgIpc) is 2.42. The number of rotatable bonds is 4. The third kappa shape index (κ3) is 3.41. The summed E-state index contributed by atoms with van der Waals surface area (Å²) in [5, 5.41) is 3.43. The maximum atomic E-state index is 5.38. The molecule has 106 valence electrons. The van der Waals surface area contributed by atoms with E-state index in [4.69, 9.17) is 4.74 Å². The van der Waals surface area contributed by atoms with Crippen LogP contribution in [0.4, 0.5) is 5.69 Å². The van der Waals surface area contributed by atoms with Crippen LogP contribution in [-0.2, 0) is 0 Å². The molecule has 1 aromatic rings. The van der Waals surface area contributed by atoms with Gasteiger partial charge in [0.1, 0.15) is 5.75 Å². The number of nitrogens with one attached hydrogen (secondary N) is 1. The molecule has 0 bridgehead atoms. The van der Waals surface area contributed by atoms with Crippen LogP contribution in [0.15, 0.2) is 12.1 Å². The van der Waals surface area contributed by atoms with Crippen molar-refractivity contribution in [2.75, 3.05) is 38.7 Å². The van der Waals surface area contributed by atoms with Gasteiger partial charge >= 0.3 is 0 Å². The monoisotopic (exact) mass is 262 g/mol. The predicted molar refractivity (Wildman–Crippen MR) is 81.3 cm³/mol. The average molecular weight is 262 g/mol. The zero-order valence-corrected chi connectivity index (χ0v) is 12.6. The highest BCUT2D eigenvalue weighted by Crippen LogP contribution is 2.29. The highest BCUT2D eigenvalue weighted by molar-refractivity contribution is 5.58. The summed E-state index contributed by atoms with van der Waals surface area (Å²) >= 11 is 0. The molecule has 3 heteroatoms. The molecule has 19 heavy (non-hydrogen) atoms. The van der Waals surface area contributed by atoms with Crippen LogP contribution in [0.3, 0.4) is 0 Å². The molecule has 0 radical (unpaired) electrons. The Morgan fingerprint density at radius 2 is 1.89 bits per heavy atom. The van der Waals surface area contributed by atoms with Crippen molar-refractivity contribution in [2.24, 2.45) is 5.92 Å². The van der Waals surface area contributed by atoms with Crippen LogP contribution >= 0.6 is 0 Å². The molecule has 2 rings (SSSR count). The van der Waals surface area contributed by atoms with Gasteiger partial charge in [-0.05, 0) is 69.0 Å². The molecule has 0 atom stereocenters. The normalized spacial score (nSPS) is 16.4. The molecule has 3 nitrogen and oxygen atoms in total. The molecule has 0 aliphatic carbocycles. The van der Waals surface area contributed by atoms with Crippen molar-refractivity contribution in [3.05, 3.63) is 23.3 Å². The smallest absolute Gasteiger partial charge is 0.122 e. The van der Waals surface area contributed by atoms with E-state index in [1.807, 2.05) is 0 Å². The van der Waals surface area contributed by atoms with Gasteiger partial charge < -0.3 is 15.0 Å². The van der Waals surface area contributed by atoms with E-state index >= 15 is 0 Å². The molecular formula is C16H26N2O. The largest absolute Gasteiger partial charge is 0.496 e. The standard InChI is InChI=1S/C16H26N2O/c1-12-10-16(19-4)13(2)9-15(12)18(3)11-14-5-7-17-8-6-14/h9-10,14,17H,5-8,11H2,1-4H3. The maximum Gasteiger partial charge on any atom is 0.122 e. The first-order valence-electron chi connectivity index (χ1n) is 7.19. The van der Waals surface area contributed by atoms with Crippen molar-refractivity contribution in [3.8, 4) is 5.75 Å². The van der Waals surface area contributed by atoms with Crippen molar-refractivity contribution in [1.82, 2.24) is 5.32 Å². The second-order valence-corrected chi connectivity index (χ2v) is 5.68. The van der Waals surface area contributed by atoms with Crippen LogP contribution in [0, 0.1) is 19.8 Å². The fourth-order valence-corrected chi connectivity index (χ4v) is 2.96. The van der Waals surface area contributed by atoms with Crippen molar-refractivity contribution in [2.45, 2.75) is 26.7 Å². The van der Waals surface area contributed by atoms with Crippen LogP contribution in [0.5, 0.6) is 5.75 Å². The number of benzene rings is 1. The summed E-state index contributed by atoms with van der Waals surface area (Å²) in [6.07, 6.45) is 2.58. The van der Waals surface area contributed by atoms with E-state index in [0.717, 1.165) is 18.2 Å². The van der Waals surface area contributed by atoms with E-state index in [0.29, 0.717) is 0 Å². The lowest BCUT2D eigenvalue weighted by Crippen LogP contribution is -2.34. The van der Waals surface area contributed by atoms with Gasteiger partial charge in [-0.2, -0.15) is 0 Å². The topological polar surface area (TPSA) is 24.5 Å². The SMILES string of the molecule is COc1cc(C)c(N(C)CC2CCNCC2)cc1C. The maximum absolute atomic E-state index is 5.38. The minimum absolute atomic E-state index is 0.813. The van der Waals surface area contributed by atoms with Crippen LogP contribution in [0.25, 0.3) is 0 Å². The minimum Gasteiger partial charge on any atom is -0.496 e. The van der Waals surface area contributed by atoms with Crippen LogP contribution < -0.4 is 15.0 Å². The molecule has 0 spiro atoms. The van der Waals surface area contributed by atoms with Crippen LogP contribution in [0.2, 0.25) is 0 Å². The second kappa shape index (κ2) is 6.29. The highest BCUT2D eigenvalue weighted by Gasteiger charge is 2.16. The Labute approximate surface area is 116 Å². The van der Waals surface area contributed by atoms with E-state index in [9.17, 15) is 0 Å². The van der Waals surface area contributed by atoms with E-state index in [-0.39, 0.29) is 0 Å². The summed E-state index contributed by atoms with van der Waals surface area (Å²) in [7, 11) is 3.94. The van der Waals surface area contributed by atoms with Gasteiger partial charge in [-0.3, -0.25) is 0 Å². The number of nitrogens with zero attached hydrogens (tertiary/aromatic N) is 1. The number of aryl methyl sites for hydroxylation is 2. The number of anilines is 1. The molecule has 1 heterocycles. The minimum atomic E-state index is 0.813. The van der Waals surface area contributed by atoms with Gasteiger partial charge in [0.2, 0.25) is 0 Å². The first-order chi connectivity index (χ1) is 9.11. The number of piperidine rings is 1. The molecule has 1 saturated heterocycles. The zero-order valence-electron chi connectivity index (χ0n) is 12.6. The van der Waals surface area contributed by atoms with Gasteiger partial charge in [-0.15, -0.1) is 0 Å². The molecular weight excluding hydrogens is 236 g/mol. The van der Waals surface area contributed by atoms with Crippen molar-refractivity contribution >= 4 is 5.69 Å². The Bertz CT molecular complexity index is 425. The summed E-state index contributed by atoms with van der Waals surface area (Å²) < 4.78 is 5.38. The number of methoxy groups -OCH3 is 1. The molecule has 1 aromatic carbocycles. The Hall–Kier alpha value is -1.22. The first-order valence-corrected chi connectivity index (χ1v) is 7.19. The molecule has 1 fully saturated rings. The summed E-state index contributed by atoms with van der Waals surface area (Å²) in [4.78, 5) is 2.40. The lowest BCUT2D eigenvalue weighted by atomic mass is 9.97. The van der Waals surface area contributed by atoms with E-state index in [1.54, 1.807) is 7.11 Å². The van der Waals surface area contributed by atoms with Gasteiger partial charge in [0.05, 0.1) is 7.11 Å². The molecule has 0 aromatic heterocycles. The fraction of sp³-hybridized carbons (Fsp3) is 0.625. The summed E-state index contributed by atoms with van der Waals surface area (Å²) in [5.41, 5.74) is 3.83. The molecule has 0 amide bonds. The Morgan fingerprint density at radius 1 is 1.21 bits per heavy atom. The molecule has 0 saturated carbocycles. The molecule has 1 aliphatic rings. The number of hydrogen-bond acceptors (Lipinski definition) is 3. The van der Waals surface area contributed by atoms with Crippen molar-refractivity contribution < 1.29 is 4.74 Å². The van der Waals surface area contributed by atoms with Crippen molar-refractivity contribution in [3.63, 3.8) is 0 Å². The molecule has 0 unspecified atom stereocenters. The summed E-state index contributed by atoms with van der Waals surface area (Å²) in [6, 6.07) is 4.39.